The minimum atomic E-state index is -0.220. The summed E-state index contributed by atoms with van der Waals surface area (Å²) < 4.78 is 10.3. The first-order valence-electron chi connectivity index (χ1n) is 7.52. The van der Waals surface area contributed by atoms with Crippen LogP contribution in [0.4, 0.5) is 5.69 Å². The summed E-state index contributed by atoms with van der Waals surface area (Å²) >= 11 is 0. The van der Waals surface area contributed by atoms with E-state index in [-0.39, 0.29) is 11.8 Å². The summed E-state index contributed by atoms with van der Waals surface area (Å²) in [6.07, 6.45) is 0.379. The van der Waals surface area contributed by atoms with Crippen LogP contribution in [0.15, 0.2) is 36.4 Å². The van der Waals surface area contributed by atoms with Gasteiger partial charge in [0.05, 0.1) is 20.6 Å². The normalized spacial score (nSPS) is 12.3. The molecule has 0 bridgehead atoms. The zero-order valence-electron chi connectivity index (χ0n) is 13.5. The van der Waals surface area contributed by atoms with Gasteiger partial charge in [0.1, 0.15) is 11.5 Å². The lowest BCUT2D eigenvalue weighted by atomic mass is 10.1. The number of anilines is 1. The van der Waals surface area contributed by atoms with E-state index in [1.54, 1.807) is 18.2 Å². The van der Waals surface area contributed by atoms with E-state index in [1.165, 1.54) is 14.2 Å². The van der Waals surface area contributed by atoms with Gasteiger partial charge in [-0.15, -0.1) is 0 Å². The number of hydrogen-bond donors (Lipinski definition) is 2. The van der Waals surface area contributed by atoms with Crippen molar-refractivity contribution >= 4 is 17.5 Å². The lowest BCUT2D eigenvalue weighted by Crippen LogP contribution is -2.22. The van der Waals surface area contributed by atoms with E-state index in [0.717, 1.165) is 16.8 Å². The fraction of sp³-hybridized carbons (Fsp3) is 0.222. The number of fused-ring (bicyclic) bond motifs is 1. The lowest BCUT2D eigenvalue weighted by Gasteiger charge is -2.10. The third kappa shape index (κ3) is 3.32. The summed E-state index contributed by atoms with van der Waals surface area (Å²) in [6.45, 7) is 0.375. The minimum Gasteiger partial charge on any atom is -0.497 e. The van der Waals surface area contributed by atoms with E-state index in [9.17, 15) is 9.59 Å². The second-order valence-corrected chi connectivity index (χ2v) is 5.50. The van der Waals surface area contributed by atoms with Crippen molar-refractivity contribution in [2.24, 2.45) is 0 Å². The van der Waals surface area contributed by atoms with Gasteiger partial charge in [0, 0.05) is 23.9 Å². The number of carbonyl (C=O) groups excluding carboxylic acids is 2. The van der Waals surface area contributed by atoms with Crippen LogP contribution in [-0.4, -0.2) is 26.0 Å². The van der Waals surface area contributed by atoms with Crippen LogP contribution < -0.4 is 20.1 Å². The zero-order valence-corrected chi connectivity index (χ0v) is 13.5. The molecule has 0 unspecified atom stereocenters. The van der Waals surface area contributed by atoms with Gasteiger partial charge in [-0.3, -0.25) is 9.59 Å². The topological polar surface area (TPSA) is 76.7 Å². The van der Waals surface area contributed by atoms with E-state index in [0.29, 0.717) is 30.0 Å². The average molecular weight is 326 g/mol. The van der Waals surface area contributed by atoms with Crippen molar-refractivity contribution in [2.45, 2.75) is 13.0 Å². The van der Waals surface area contributed by atoms with Gasteiger partial charge in [-0.2, -0.15) is 0 Å². The highest BCUT2D eigenvalue weighted by atomic mass is 16.5. The molecule has 1 heterocycles. The van der Waals surface area contributed by atoms with Crippen LogP contribution in [0.1, 0.15) is 21.5 Å². The van der Waals surface area contributed by atoms with E-state index in [4.69, 9.17) is 9.47 Å². The first-order chi connectivity index (χ1) is 11.6. The molecule has 2 aromatic rings. The fourth-order valence-corrected chi connectivity index (χ4v) is 2.62. The summed E-state index contributed by atoms with van der Waals surface area (Å²) in [5, 5.41) is 5.65. The highest BCUT2D eigenvalue weighted by Crippen LogP contribution is 2.24. The van der Waals surface area contributed by atoms with Crippen molar-refractivity contribution in [3.8, 4) is 11.5 Å². The van der Waals surface area contributed by atoms with Crippen molar-refractivity contribution in [1.82, 2.24) is 5.32 Å². The lowest BCUT2D eigenvalue weighted by molar-refractivity contribution is -0.115. The number of amides is 2. The molecule has 0 saturated heterocycles. The van der Waals surface area contributed by atoms with Gasteiger partial charge in [0.15, 0.2) is 0 Å². The Balaban J connectivity index is 1.70. The van der Waals surface area contributed by atoms with Gasteiger partial charge in [-0.1, -0.05) is 12.1 Å². The molecular formula is C18H18N2O4. The standard InChI is InChI=1S/C18H18N2O4/c1-23-14-6-13(7-15(9-14)24-2)18(22)19-10-11-3-4-16-12(5-11)8-17(21)20-16/h3-7,9H,8,10H2,1-2H3,(H,19,22)(H,20,21). The number of rotatable bonds is 5. The molecular weight excluding hydrogens is 308 g/mol. The molecule has 24 heavy (non-hydrogen) atoms. The Hall–Kier alpha value is -3.02. The van der Waals surface area contributed by atoms with Crippen LogP contribution in [0.2, 0.25) is 0 Å². The van der Waals surface area contributed by atoms with E-state index in [1.807, 2.05) is 18.2 Å². The Labute approximate surface area is 139 Å². The summed E-state index contributed by atoms with van der Waals surface area (Å²) in [4.78, 5) is 23.7. The van der Waals surface area contributed by atoms with E-state index >= 15 is 0 Å². The van der Waals surface area contributed by atoms with Gasteiger partial charge in [0.2, 0.25) is 5.91 Å². The molecule has 2 amide bonds. The van der Waals surface area contributed by atoms with Gasteiger partial charge in [0.25, 0.3) is 5.91 Å². The highest BCUT2D eigenvalue weighted by Gasteiger charge is 2.17. The number of benzene rings is 2. The maximum Gasteiger partial charge on any atom is 0.251 e. The van der Waals surface area contributed by atoms with Gasteiger partial charge in [-0.25, -0.2) is 0 Å². The second-order valence-electron chi connectivity index (χ2n) is 5.50. The zero-order chi connectivity index (χ0) is 17.1. The molecule has 0 radical (unpaired) electrons. The van der Waals surface area contributed by atoms with Crippen LogP contribution in [-0.2, 0) is 17.8 Å². The Kier molecular flexibility index (Phi) is 4.37. The Morgan fingerprint density at radius 2 is 1.83 bits per heavy atom. The predicted octanol–water partition coefficient (Wildman–Crippen LogP) is 2.13. The van der Waals surface area contributed by atoms with E-state index < -0.39 is 0 Å². The van der Waals surface area contributed by atoms with Crippen LogP contribution in [0.25, 0.3) is 0 Å². The maximum atomic E-state index is 12.4. The monoisotopic (exact) mass is 326 g/mol. The SMILES string of the molecule is COc1cc(OC)cc(C(=O)NCc2ccc3c(c2)CC(=O)N3)c1. The summed E-state index contributed by atoms with van der Waals surface area (Å²) in [7, 11) is 3.08. The fourth-order valence-electron chi connectivity index (χ4n) is 2.62. The molecule has 0 spiro atoms. The number of methoxy groups -OCH3 is 2. The number of nitrogens with one attached hydrogen (secondary N) is 2. The summed E-state index contributed by atoms with van der Waals surface area (Å²) in [6, 6.07) is 10.7. The first-order valence-corrected chi connectivity index (χ1v) is 7.52. The molecule has 3 rings (SSSR count). The maximum absolute atomic E-state index is 12.4. The second kappa shape index (κ2) is 6.62. The summed E-state index contributed by atoms with van der Waals surface area (Å²) in [5.74, 6) is 0.889. The molecule has 0 atom stereocenters. The Morgan fingerprint density at radius 1 is 1.12 bits per heavy atom. The molecule has 0 saturated carbocycles. The van der Waals surface area contributed by atoms with Crippen LogP contribution in [0.5, 0.6) is 11.5 Å². The molecule has 124 valence electrons. The predicted molar refractivity (Wildman–Crippen MR) is 89.5 cm³/mol. The molecule has 0 aromatic heterocycles. The molecule has 1 aliphatic heterocycles. The third-order valence-electron chi connectivity index (χ3n) is 3.86. The molecule has 2 aromatic carbocycles. The quantitative estimate of drug-likeness (QED) is 0.882. The molecule has 0 aliphatic carbocycles. The number of ether oxygens (including phenoxy) is 2. The van der Waals surface area contributed by atoms with Crippen molar-refractivity contribution in [3.05, 3.63) is 53.1 Å². The minimum absolute atomic E-state index is 0.00494. The molecule has 2 N–H and O–H groups in total. The van der Waals surface area contributed by atoms with Gasteiger partial charge >= 0.3 is 0 Å². The van der Waals surface area contributed by atoms with Crippen molar-refractivity contribution < 1.29 is 19.1 Å². The Bertz CT molecular complexity index is 779. The van der Waals surface area contributed by atoms with Crippen molar-refractivity contribution in [3.63, 3.8) is 0 Å². The number of carbonyl (C=O) groups is 2. The smallest absolute Gasteiger partial charge is 0.251 e. The third-order valence-corrected chi connectivity index (χ3v) is 3.86. The van der Waals surface area contributed by atoms with Crippen LogP contribution in [0, 0.1) is 0 Å². The van der Waals surface area contributed by atoms with Gasteiger partial charge < -0.3 is 20.1 Å². The molecule has 6 heteroatoms. The van der Waals surface area contributed by atoms with Crippen LogP contribution >= 0.6 is 0 Å². The molecule has 0 fully saturated rings. The first kappa shape index (κ1) is 15.9. The highest BCUT2D eigenvalue weighted by molar-refractivity contribution is 5.99. The number of hydrogen-bond acceptors (Lipinski definition) is 4. The van der Waals surface area contributed by atoms with Crippen molar-refractivity contribution in [1.29, 1.82) is 0 Å². The molecule has 6 nitrogen and oxygen atoms in total. The Morgan fingerprint density at radius 3 is 2.50 bits per heavy atom. The van der Waals surface area contributed by atoms with Gasteiger partial charge in [-0.05, 0) is 29.3 Å². The molecule has 1 aliphatic rings. The summed E-state index contributed by atoms with van der Waals surface area (Å²) in [5.41, 5.74) is 3.19. The van der Waals surface area contributed by atoms with Crippen LogP contribution in [0.3, 0.4) is 0 Å². The average Bonchev–Trinajstić information content (AvgIpc) is 2.98. The van der Waals surface area contributed by atoms with E-state index in [2.05, 4.69) is 10.6 Å². The largest absolute Gasteiger partial charge is 0.497 e. The van der Waals surface area contributed by atoms with Crippen molar-refractivity contribution in [2.75, 3.05) is 19.5 Å².